The molecular weight excluding hydrogens is 344 g/mol. The van der Waals surface area contributed by atoms with Crippen LogP contribution in [-0.2, 0) is 0 Å². The van der Waals surface area contributed by atoms with Crippen LogP contribution in [0.25, 0.3) is 11.5 Å². The molecule has 2 heterocycles. The molecule has 0 fully saturated rings. The van der Waals surface area contributed by atoms with Crippen LogP contribution in [0, 0.1) is 0 Å². The number of nitrogens with zero attached hydrogens (tertiary/aromatic N) is 4. The lowest BCUT2D eigenvalue weighted by Gasteiger charge is -1.93. The Bertz CT molecular complexity index is 700. The third-order valence-corrected chi connectivity index (χ3v) is 5.81. The summed E-state index contributed by atoms with van der Waals surface area (Å²) in [5.74, 6) is 0.545. The minimum atomic E-state index is 0.545. The lowest BCUT2D eigenvalue weighted by molar-refractivity contribution is 0.466. The number of hydrogen-bond acceptors (Lipinski definition) is 9. The molecule has 2 aromatic heterocycles. The largest absolute Gasteiger partial charge is 0.411 e. The van der Waals surface area contributed by atoms with Crippen LogP contribution in [0.3, 0.4) is 0 Å². The second-order valence-corrected chi connectivity index (χ2v) is 7.73. The molecule has 0 aliphatic carbocycles. The summed E-state index contributed by atoms with van der Waals surface area (Å²) in [6, 6.07) is 9.74. The summed E-state index contributed by atoms with van der Waals surface area (Å²) < 4.78 is 10.8. The molecule has 0 unspecified atom stereocenters. The van der Waals surface area contributed by atoms with E-state index < -0.39 is 0 Å². The Morgan fingerprint density at radius 1 is 1.14 bits per heavy atom. The minimum absolute atomic E-state index is 0.545. The molecule has 0 atom stereocenters. The zero-order valence-electron chi connectivity index (χ0n) is 10.9. The maximum absolute atomic E-state index is 5.62. The first-order valence-electron chi connectivity index (χ1n) is 5.87. The van der Waals surface area contributed by atoms with Gasteiger partial charge in [-0.15, -0.1) is 10.2 Å². The van der Waals surface area contributed by atoms with Crippen LogP contribution in [0.5, 0.6) is 0 Å². The van der Waals surface area contributed by atoms with Gasteiger partial charge >= 0.3 is 0 Å². The lowest BCUT2D eigenvalue weighted by atomic mass is 10.2. The fourth-order valence-electron chi connectivity index (χ4n) is 1.43. The molecule has 1 aromatic carbocycles. The Kier molecular flexibility index (Phi) is 5.17. The van der Waals surface area contributed by atoms with Crippen molar-refractivity contribution in [3.63, 3.8) is 0 Å². The number of aromatic nitrogens is 4. The quantitative estimate of drug-likeness (QED) is 0.483. The molecule has 0 saturated heterocycles. The molecule has 0 amide bonds. The summed E-state index contributed by atoms with van der Waals surface area (Å²) in [7, 11) is 0. The molecule has 0 N–H and O–H groups in total. The monoisotopic (exact) mass is 354 g/mol. The Morgan fingerprint density at radius 2 is 2.00 bits per heavy atom. The van der Waals surface area contributed by atoms with Crippen LogP contribution >= 0.6 is 46.8 Å². The van der Waals surface area contributed by atoms with E-state index in [1.807, 2.05) is 36.6 Å². The van der Waals surface area contributed by atoms with Crippen molar-refractivity contribution in [1.82, 2.24) is 19.6 Å². The van der Waals surface area contributed by atoms with Crippen molar-refractivity contribution in [2.75, 3.05) is 11.3 Å². The molecule has 5 nitrogen and oxygen atoms in total. The van der Waals surface area contributed by atoms with Gasteiger partial charge in [0.1, 0.15) is 0 Å². The van der Waals surface area contributed by atoms with Crippen LogP contribution in [0.1, 0.15) is 0 Å². The summed E-state index contributed by atoms with van der Waals surface area (Å²) in [6.45, 7) is 0. The van der Waals surface area contributed by atoms with Crippen molar-refractivity contribution < 1.29 is 4.42 Å². The first kappa shape index (κ1) is 14.9. The summed E-state index contributed by atoms with van der Waals surface area (Å²) in [5, 5.41) is 10.2. The van der Waals surface area contributed by atoms with Crippen molar-refractivity contribution >= 4 is 46.8 Å². The predicted molar refractivity (Wildman–Crippen MR) is 88.0 cm³/mol. The van der Waals surface area contributed by atoms with Gasteiger partial charge in [0.05, 0.1) is 5.08 Å². The molecule has 0 saturated carbocycles. The van der Waals surface area contributed by atoms with Crippen LogP contribution in [0.15, 0.2) is 49.5 Å². The van der Waals surface area contributed by atoms with Crippen molar-refractivity contribution in [2.24, 2.45) is 0 Å². The first-order chi connectivity index (χ1) is 10.3. The highest BCUT2D eigenvalue weighted by Gasteiger charge is 2.09. The van der Waals surface area contributed by atoms with Gasteiger partial charge in [0.2, 0.25) is 11.0 Å². The lowest BCUT2D eigenvalue weighted by Crippen LogP contribution is -1.76. The molecule has 0 aliphatic rings. The maximum atomic E-state index is 5.62. The highest BCUT2D eigenvalue weighted by atomic mass is 32.2. The molecule has 0 bridgehead atoms. The Hall–Kier alpha value is -1.03. The van der Waals surface area contributed by atoms with Gasteiger partial charge in [-0.2, -0.15) is 4.37 Å². The summed E-state index contributed by atoms with van der Waals surface area (Å²) >= 11 is 6.09. The zero-order valence-corrected chi connectivity index (χ0v) is 14.2. The van der Waals surface area contributed by atoms with E-state index in [0.717, 1.165) is 20.1 Å². The van der Waals surface area contributed by atoms with E-state index in [1.165, 1.54) is 23.3 Å². The van der Waals surface area contributed by atoms with E-state index >= 15 is 0 Å². The molecular formula is C12H10N4OS4. The smallest absolute Gasteiger partial charge is 0.277 e. The van der Waals surface area contributed by atoms with Gasteiger partial charge in [0.15, 0.2) is 4.34 Å². The van der Waals surface area contributed by atoms with Crippen molar-refractivity contribution in [2.45, 2.75) is 14.7 Å². The fraction of sp³-hybridized carbons (Fsp3) is 0.167. The van der Waals surface area contributed by atoms with Crippen LogP contribution in [-0.4, -0.2) is 30.9 Å². The van der Waals surface area contributed by atoms with Crippen LogP contribution in [0.4, 0.5) is 0 Å². The number of benzene rings is 1. The molecule has 0 spiro atoms. The van der Waals surface area contributed by atoms with E-state index in [4.69, 9.17) is 4.42 Å². The van der Waals surface area contributed by atoms with E-state index in [1.54, 1.807) is 23.5 Å². The highest BCUT2D eigenvalue weighted by molar-refractivity contribution is 8.16. The predicted octanol–water partition coefficient (Wildman–Crippen LogP) is 4.15. The summed E-state index contributed by atoms with van der Waals surface area (Å²) in [4.78, 5) is 4.37. The summed E-state index contributed by atoms with van der Waals surface area (Å²) in [5.41, 5.74) is 0.929. The average molecular weight is 355 g/mol. The summed E-state index contributed by atoms with van der Waals surface area (Å²) in [6.07, 6.45) is 1.97. The molecule has 21 heavy (non-hydrogen) atoms. The Morgan fingerprint density at radius 3 is 2.76 bits per heavy atom. The second kappa shape index (κ2) is 7.30. The number of rotatable bonds is 6. The third kappa shape index (κ3) is 4.00. The van der Waals surface area contributed by atoms with Gasteiger partial charge in [-0.1, -0.05) is 53.5 Å². The van der Waals surface area contributed by atoms with Crippen molar-refractivity contribution in [1.29, 1.82) is 0 Å². The van der Waals surface area contributed by atoms with E-state index in [2.05, 4.69) is 19.6 Å². The normalized spacial score (nSPS) is 10.9. The van der Waals surface area contributed by atoms with E-state index in [-0.39, 0.29) is 0 Å². The molecule has 0 radical (unpaired) electrons. The van der Waals surface area contributed by atoms with Gasteiger partial charge in [-0.05, 0) is 29.9 Å². The van der Waals surface area contributed by atoms with E-state index in [0.29, 0.717) is 11.1 Å². The van der Waals surface area contributed by atoms with E-state index in [9.17, 15) is 0 Å². The van der Waals surface area contributed by atoms with Gasteiger partial charge in [-0.25, -0.2) is 4.98 Å². The molecule has 3 aromatic rings. The second-order valence-electron chi connectivity index (χ2n) is 3.69. The van der Waals surface area contributed by atoms with Gasteiger partial charge in [0, 0.05) is 5.56 Å². The minimum Gasteiger partial charge on any atom is -0.411 e. The Labute approximate surface area is 138 Å². The topological polar surface area (TPSA) is 64.7 Å². The first-order valence-corrected chi connectivity index (χ1v) is 9.84. The maximum Gasteiger partial charge on any atom is 0.277 e. The van der Waals surface area contributed by atoms with Gasteiger partial charge < -0.3 is 4.42 Å². The van der Waals surface area contributed by atoms with Crippen LogP contribution in [0.2, 0.25) is 0 Å². The molecule has 9 heteroatoms. The van der Waals surface area contributed by atoms with Gasteiger partial charge in [0.25, 0.3) is 5.22 Å². The van der Waals surface area contributed by atoms with Crippen LogP contribution < -0.4 is 0 Å². The number of thioether (sulfide) groups is 3. The SMILES string of the molecule is CSc1nsc(SCSc2nnc(-c3ccccc3)o2)n1. The zero-order chi connectivity index (χ0) is 14.5. The number of hydrogen-bond donors (Lipinski definition) is 0. The third-order valence-electron chi connectivity index (χ3n) is 2.36. The van der Waals surface area contributed by atoms with Crippen molar-refractivity contribution in [3.8, 4) is 11.5 Å². The average Bonchev–Trinajstić information content (AvgIpc) is 3.17. The standard InChI is InChI=1S/C12H10N4OS4/c1-18-10-13-12(21-16-10)20-7-19-11-15-14-9(17-11)8-5-3-2-4-6-8/h2-6H,7H2,1H3. The molecule has 0 aliphatic heterocycles. The fourth-order valence-corrected chi connectivity index (χ4v) is 4.65. The highest BCUT2D eigenvalue weighted by Crippen LogP contribution is 2.30. The van der Waals surface area contributed by atoms with Crippen molar-refractivity contribution in [3.05, 3.63) is 30.3 Å². The van der Waals surface area contributed by atoms with Gasteiger partial charge in [-0.3, -0.25) is 0 Å². The molecule has 108 valence electrons. The molecule has 3 rings (SSSR count). The Balaban J connectivity index is 1.55.